The van der Waals surface area contributed by atoms with Crippen molar-refractivity contribution in [1.29, 1.82) is 0 Å². The molecule has 7 nitrogen and oxygen atoms in total. The van der Waals surface area contributed by atoms with E-state index in [0.29, 0.717) is 19.4 Å². The Morgan fingerprint density at radius 1 is 1.27 bits per heavy atom. The molecule has 1 atom stereocenters. The molecule has 7 heteroatoms. The van der Waals surface area contributed by atoms with E-state index >= 15 is 0 Å². The van der Waals surface area contributed by atoms with Crippen LogP contribution in [-0.2, 0) is 14.3 Å². The monoisotopic (exact) mass is 360 g/mol. The van der Waals surface area contributed by atoms with Gasteiger partial charge in [0, 0.05) is 44.6 Å². The number of esters is 1. The molecule has 1 heterocycles. The predicted octanol–water partition coefficient (Wildman–Crippen LogP) is 2.01. The van der Waals surface area contributed by atoms with E-state index in [1.807, 2.05) is 18.2 Å². The largest absolute Gasteiger partial charge is 0.469 e. The number of hydrogen-bond donors (Lipinski definition) is 3. The number of guanidine groups is 1. The van der Waals surface area contributed by atoms with E-state index in [4.69, 9.17) is 0 Å². The number of para-hydroxylation sites is 1. The fraction of sp³-hybridized carbons (Fsp3) is 0.526. The number of rotatable bonds is 8. The molecule has 26 heavy (non-hydrogen) atoms. The minimum Gasteiger partial charge on any atom is -0.469 e. The predicted molar refractivity (Wildman–Crippen MR) is 102 cm³/mol. The van der Waals surface area contributed by atoms with Gasteiger partial charge in [-0.2, -0.15) is 0 Å². The molecule has 1 aromatic carbocycles. The standard InChI is InChI=1S/C19H28N4O3/c1-20-19(21-11-7-3-4-10-18(25)26-2)22-13-14-12-17(24)23-16-9-6-5-8-15(14)16/h5-6,8-9,14H,3-4,7,10-13H2,1-2H3,(H,23,24)(H2,20,21,22). The number of nitrogens with zero attached hydrogens (tertiary/aromatic N) is 1. The molecule has 1 aliphatic heterocycles. The van der Waals surface area contributed by atoms with E-state index in [-0.39, 0.29) is 17.8 Å². The Labute approximate surface area is 154 Å². The molecule has 1 amide bonds. The maximum Gasteiger partial charge on any atom is 0.305 e. The van der Waals surface area contributed by atoms with Gasteiger partial charge >= 0.3 is 5.97 Å². The summed E-state index contributed by atoms with van der Waals surface area (Å²) in [7, 11) is 3.14. The number of amides is 1. The highest BCUT2D eigenvalue weighted by atomic mass is 16.5. The van der Waals surface area contributed by atoms with Crippen molar-refractivity contribution in [2.24, 2.45) is 4.99 Å². The summed E-state index contributed by atoms with van der Waals surface area (Å²) in [5.74, 6) is 0.733. The summed E-state index contributed by atoms with van der Waals surface area (Å²) in [6.45, 7) is 1.43. The molecule has 1 aliphatic rings. The van der Waals surface area contributed by atoms with E-state index in [9.17, 15) is 9.59 Å². The molecular weight excluding hydrogens is 332 g/mol. The summed E-state index contributed by atoms with van der Waals surface area (Å²) >= 11 is 0. The maximum absolute atomic E-state index is 11.9. The third kappa shape index (κ3) is 6.06. The van der Waals surface area contributed by atoms with Gasteiger partial charge in [-0.1, -0.05) is 24.6 Å². The Kier molecular flexibility index (Phi) is 7.92. The molecule has 0 saturated heterocycles. The molecule has 0 aromatic heterocycles. The Morgan fingerprint density at radius 3 is 2.85 bits per heavy atom. The van der Waals surface area contributed by atoms with Crippen LogP contribution in [0, 0.1) is 0 Å². The fourth-order valence-corrected chi connectivity index (χ4v) is 3.00. The van der Waals surface area contributed by atoms with Crippen molar-refractivity contribution in [2.75, 3.05) is 32.6 Å². The minimum atomic E-state index is -0.160. The summed E-state index contributed by atoms with van der Waals surface area (Å²) < 4.78 is 4.62. The van der Waals surface area contributed by atoms with E-state index in [1.54, 1.807) is 7.05 Å². The van der Waals surface area contributed by atoms with Crippen molar-refractivity contribution < 1.29 is 14.3 Å². The lowest BCUT2D eigenvalue weighted by Crippen LogP contribution is -2.41. The van der Waals surface area contributed by atoms with Crippen molar-refractivity contribution >= 4 is 23.5 Å². The average Bonchev–Trinajstić information content (AvgIpc) is 2.66. The van der Waals surface area contributed by atoms with Crippen LogP contribution in [0.2, 0.25) is 0 Å². The van der Waals surface area contributed by atoms with Crippen LogP contribution < -0.4 is 16.0 Å². The number of unbranched alkanes of at least 4 members (excludes halogenated alkanes) is 2. The zero-order chi connectivity index (χ0) is 18.8. The summed E-state index contributed by atoms with van der Waals surface area (Å²) in [6, 6.07) is 7.90. The SMILES string of the molecule is CN=C(NCCCCCC(=O)OC)NCC1CC(=O)Nc2ccccc21. The summed E-state index contributed by atoms with van der Waals surface area (Å²) in [6.07, 6.45) is 3.66. The molecular formula is C19H28N4O3. The van der Waals surface area contributed by atoms with Crippen LogP contribution >= 0.6 is 0 Å². The van der Waals surface area contributed by atoms with E-state index in [1.165, 1.54) is 7.11 Å². The van der Waals surface area contributed by atoms with Crippen LogP contribution in [-0.4, -0.2) is 45.1 Å². The van der Waals surface area contributed by atoms with Crippen LogP contribution in [0.4, 0.5) is 5.69 Å². The number of fused-ring (bicyclic) bond motifs is 1. The fourth-order valence-electron chi connectivity index (χ4n) is 3.00. The quantitative estimate of drug-likeness (QED) is 0.285. The normalized spacial score (nSPS) is 16.5. The molecule has 0 bridgehead atoms. The molecule has 0 saturated carbocycles. The zero-order valence-electron chi connectivity index (χ0n) is 15.5. The van der Waals surface area contributed by atoms with Gasteiger partial charge in [-0.3, -0.25) is 14.6 Å². The van der Waals surface area contributed by atoms with Crippen LogP contribution in [0.25, 0.3) is 0 Å². The van der Waals surface area contributed by atoms with Gasteiger partial charge in [0.15, 0.2) is 5.96 Å². The number of ether oxygens (including phenoxy) is 1. The van der Waals surface area contributed by atoms with Gasteiger partial charge in [0.2, 0.25) is 5.91 Å². The van der Waals surface area contributed by atoms with Gasteiger partial charge in [-0.05, 0) is 24.5 Å². The topological polar surface area (TPSA) is 91.8 Å². The molecule has 1 aromatic rings. The number of benzene rings is 1. The number of aliphatic imine (C=N–C) groups is 1. The molecule has 0 fully saturated rings. The minimum absolute atomic E-state index is 0.0454. The molecule has 2 rings (SSSR count). The van der Waals surface area contributed by atoms with Gasteiger partial charge in [-0.25, -0.2) is 0 Å². The Hall–Kier alpha value is -2.57. The molecule has 1 unspecified atom stereocenters. The van der Waals surface area contributed by atoms with Crippen molar-refractivity contribution in [3.8, 4) is 0 Å². The average molecular weight is 360 g/mol. The van der Waals surface area contributed by atoms with Crippen LogP contribution in [0.3, 0.4) is 0 Å². The number of carbonyl (C=O) groups excluding carboxylic acids is 2. The Balaban J connectivity index is 1.72. The van der Waals surface area contributed by atoms with Crippen LogP contribution in [0.5, 0.6) is 0 Å². The van der Waals surface area contributed by atoms with Gasteiger partial charge in [0.1, 0.15) is 0 Å². The van der Waals surface area contributed by atoms with Gasteiger partial charge in [0.05, 0.1) is 7.11 Å². The Bertz CT molecular complexity index is 645. The highest BCUT2D eigenvalue weighted by molar-refractivity contribution is 5.94. The summed E-state index contributed by atoms with van der Waals surface area (Å²) in [4.78, 5) is 27.2. The molecule has 142 valence electrons. The van der Waals surface area contributed by atoms with E-state index < -0.39 is 0 Å². The number of anilines is 1. The number of carbonyl (C=O) groups is 2. The van der Waals surface area contributed by atoms with Crippen molar-refractivity contribution in [3.05, 3.63) is 29.8 Å². The second kappa shape index (κ2) is 10.4. The number of nitrogens with one attached hydrogen (secondary N) is 3. The second-order valence-corrected chi connectivity index (χ2v) is 6.30. The summed E-state index contributed by atoms with van der Waals surface area (Å²) in [5.41, 5.74) is 2.04. The lowest BCUT2D eigenvalue weighted by molar-refractivity contribution is -0.140. The number of methoxy groups -OCH3 is 1. The molecule has 0 radical (unpaired) electrons. The van der Waals surface area contributed by atoms with E-state index in [0.717, 1.165) is 43.0 Å². The van der Waals surface area contributed by atoms with Crippen LogP contribution in [0.15, 0.2) is 29.3 Å². The highest BCUT2D eigenvalue weighted by Crippen LogP contribution is 2.31. The van der Waals surface area contributed by atoms with Gasteiger partial charge < -0.3 is 20.7 Å². The first-order valence-electron chi connectivity index (χ1n) is 9.04. The van der Waals surface area contributed by atoms with Crippen molar-refractivity contribution in [3.63, 3.8) is 0 Å². The first kappa shape index (κ1) is 19.8. The smallest absolute Gasteiger partial charge is 0.305 e. The Morgan fingerprint density at radius 2 is 2.08 bits per heavy atom. The van der Waals surface area contributed by atoms with Gasteiger partial charge in [-0.15, -0.1) is 0 Å². The zero-order valence-corrected chi connectivity index (χ0v) is 15.5. The molecule has 3 N–H and O–H groups in total. The van der Waals surface area contributed by atoms with E-state index in [2.05, 4.69) is 31.7 Å². The number of hydrogen-bond acceptors (Lipinski definition) is 4. The lowest BCUT2D eigenvalue weighted by atomic mass is 9.90. The third-order valence-corrected chi connectivity index (χ3v) is 4.42. The highest BCUT2D eigenvalue weighted by Gasteiger charge is 2.24. The van der Waals surface area contributed by atoms with Crippen molar-refractivity contribution in [2.45, 2.75) is 38.0 Å². The first-order valence-corrected chi connectivity index (χ1v) is 9.04. The first-order chi connectivity index (χ1) is 12.6. The molecule has 0 aliphatic carbocycles. The molecule has 0 spiro atoms. The second-order valence-electron chi connectivity index (χ2n) is 6.30. The third-order valence-electron chi connectivity index (χ3n) is 4.42. The maximum atomic E-state index is 11.9. The van der Waals surface area contributed by atoms with Crippen LogP contribution in [0.1, 0.15) is 43.6 Å². The lowest BCUT2D eigenvalue weighted by Gasteiger charge is -2.26. The van der Waals surface area contributed by atoms with Crippen molar-refractivity contribution in [1.82, 2.24) is 10.6 Å². The summed E-state index contributed by atoms with van der Waals surface area (Å²) in [5, 5.41) is 9.48. The van der Waals surface area contributed by atoms with Gasteiger partial charge in [0.25, 0.3) is 0 Å².